The van der Waals surface area contributed by atoms with Gasteiger partial charge in [-0.25, -0.2) is 0 Å². The number of hydrogen-bond donors (Lipinski definition) is 0. The van der Waals surface area contributed by atoms with Crippen molar-refractivity contribution in [3.63, 3.8) is 0 Å². The molecule has 3 aliphatic carbocycles. The average molecular weight is 619 g/mol. The van der Waals surface area contributed by atoms with Gasteiger partial charge >= 0.3 is 0 Å². The Balaban J connectivity index is 0.00000462. The van der Waals surface area contributed by atoms with Crippen molar-refractivity contribution in [1.29, 1.82) is 0 Å². The highest BCUT2D eigenvalue weighted by Crippen LogP contribution is 2.77. The molecule has 3 fully saturated rings. The summed E-state index contributed by atoms with van der Waals surface area (Å²) < 4.78 is 13.6. The van der Waals surface area contributed by atoms with Crippen molar-refractivity contribution in [2.75, 3.05) is 12.8 Å². The number of benzene rings is 1. The first-order chi connectivity index (χ1) is 19.7. The maximum atomic E-state index is 7.06. The number of rotatable bonds is 14. The van der Waals surface area contributed by atoms with E-state index in [1.165, 1.54) is 108 Å². The number of hydrogen-bond acceptors (Lipinski definition) is 2. The quantitative estimate of drug-likeness (QED) is 0.118. The van der Waals surface area contributed by atoms with E-state index in [2.05, 4.69) is 69.3 Å². The van der Waals surface area contributed by atoms with E-state index >= 15 is 0 Å². The summed E-state index contributed by atoms with van der Waals surface area (Å²) in [5.41, 5.74) is 4.21. The maximum Gasteiger partial charge on any atom is 0.265 e. The fourth-order valence-electron chi connectivity index (χ4n) is 8.45. The summed E-state index contributed by atoms with van der Waals surface area (Å²) in [6.45, 7) is 7.62. The third-order valence-corrected chi connectivity index (χ3v) is 22.0. The summed E-state index contributed by atoms with van der Waals surface area (Å²) in [6.07, 6.45) is 30.4. The summed E-state index contributed by atoms with van der Waals surface area (Å²) in [7, 11) is -3.02. The molecule has 3 saturated carbocycles. The standard InChI is InChI=1S/C36H60O2PSi.ClH/c1-4-40(5-2,6-3)38-36(37-30-19-22-32-20-11-7-12-21-32)29-31-39(33-23-13-8-14-24-33,34-25-15-9-16-26-34)35-27-17-10-18-28-35;/h7,11-12,19-22,29,33-35H,4-6,8-10,13-18,23-28,30-31H2,1-3H3;1H/q+1;/p-1/b22-19+,36-29-;. The van der Waals surface area contributed by atoms with Crippen molar-refractivity contribution in [3.05, 3.63) is 54.0 Å². The van der Waals surface area contributed by atoms with E-state index < -0.39 is 15.6 Å². The molecule has 0 amide bonds. The second-order valence-electron chi connectivity index (χ2n) is 13.0. The molecule has 3 aliphatic rings. The van der Waals surface area contributed by atoms with Crippen LogP contribution in [0.2, 0.25) is 18.1 Å². The van der Waals surface area contributed by atoms with E-state index in [4.69, 9.17) is 9.16 Å². The Labute approximate surface area is 261 Å². The Morgan fingerprint density at radius 3 is 1.63 bits per heavy atom. The predicted molar refractivity (Wildman–Crippen MR) is 180 cm³/mol. The number of allylic oxidation sites excluding steroid dienone is 1. The van der Waals surface area contributed by atoms with Crippen molar-refractivity contribution in [2.45, 2.75) is 152 Å². The monoisotopic (exact) mass is 618 g/mol. The molecule has 0 spiro atoms. The lowest BCUT2D eigenvalue weighted by Gasteiger charge is -2.48. The smallest absolute Gasteiger partial charge is 0.265 e. The Hall–Kier alpha value is -0.763. The molecule has 0 bridgehead atoms. The minimum atomic E-state index is -1.82. The lowest BCUT2D eigenvalue weighted by molar-refractivity contribution is -0.0000119. The van der Waals surface area contributed by atoms with Crippen molar-refractivity contribution in [1.82, 2.24) is 0 Å². The van der Waals surface area contributed by atoms with Crippen LogP contribution in [-0.2, 0) is 9.16 Å². The van der Waals surface area contributed by atoms with Gasteiger partial charge in [-0.1, -0.05) is 76.4 Å². The van der Waals surface area contributed by atoms with Gasteiger partial charge in [0.2, 0.25) is 0 Å². The van der Waals surface area contributed by atoms with Crippen LogP contribution in [0.25, 0.3) is 6.08 Å². The number of halogens is 1. The third-order valence-electron chi connectivity index (χ3n) is 11.0. The second kappa shape index (κ2) is 18.1. The average Bonchev–Trinajstić information content (AvgIpc) is 3.04. The summed E-state index contributed by atoms with van der Waals surface area (Å²) in [5, 5.41) is 0. The Kier molecular flexibility index (Phi) is 15.4. The molecule has 0 unspecified atom stereocenters. The Morgan fingerprint density at radius 1 is 0.732 bits per heavy atom. The summed E-state index contributed by atoms with van der Waals surface area (Å²) >= 11 is 0. The molecule has 0 saturated heterocycles. The van der Waals surface area contributed by atoms with Gasteiger partial charge in [-0.3, -0.25) is 0 Å². The van der Waals surface area contributed by atoms with E-state index in [1.54, 1.807) is 0 Å². The van der Waals surface area contributed by atoms with Crippen molar-refractivity contribution in [2.24, 2.45) is 0 Å². The molecule has 4 rings (SSSR count). The molecule has 232 valence electrons. The number of ether oxygens (including phenoxy) is 1. The van der Waals surface area contributed by atoms with Gasteiger partial charge in [0.05, 0.1) is 23.1 Å². The van der Waals surface area contributed by atoms with E-state index in [0.29, 0.717) is 6.61 Å². The van der Waals surface area contributed by atoms with E-state index in [9.17, 15) is 0 Å². The Morgan fingerprint density at radius 2 is 1.20 bits per heavy atom. The van der Waals surface area contributed by atoms with Crippen molar-refractivity contribution < 1.29 is 21.6 Å². The van der Waals surface area contributed by atoms with Gasteiger partial charge in [-0.15, -0.1) is 0 Å². The molecule has 0 atom stereocenters. The van der Waals surface area contributed by atoms with Gasteiger partial charge in [0.15, 0.2) is 0 Å². The summed E-state index contributed by atoms with van der Waals surface area (Å²) in [5.74, 6) is 0.890. The highest BCUT2D eigenvalue weighted by molar-refractivity contribution is 7.78. The molecule has 0 heterocycles. The molecule has 0 aliphatic heterocycles. The molecule has 0 aromatic heterocycles. The molecule has 0 N–H and O–H groups in total. The molecule has 2 nitrogen and oxygen atoms in total. The molecular formula is C36H60ClO2PSi. The molecule has 5 heteroatoms. The normalized spacial score (nSPS) is 20.6. The lowest BCUT2D eigenvalue weighted by atomic mass is 9.99. The fourth-order valence-corrected chi connectivity index (χ4v) is 18.1. The molecule has 1 aromatic carbocycles. The van der Waals surface area contributed by atoms with Crippen LogP contribution in [0, 0.1) is 0 Å². The molecule has 41 heavy (non-hydrogen) atoms. The zero-order valence-electron chi connectivity index (χ0n) is 26.6. The van der Waals surface area contributed by atoms with Gasteiger partial charge < -0.3 is 21.6 Å². The van der Waals surface area contributed by atoms with Gasteiger partial charge in [0, 0.05) is 13.3 Å². The Bertz CT molecular complexity index is 844. The van der Waals surface area contributed by atoms with Gasteiger partial charge in [0.25, 0.3) is 14.3 Å². The minimum absolute atomic E-state index is 0. The van der Waals surface area contributed by atoms with Crippen LogP contribution in [0.5, 0.6) is 0 Å². The predicted octanol–water partition coefficient (Wildman–Crippen LogP) is 8.60. The van der Waals surface area contributed by atoms with Crippen LogP contribution in [-0.4, -0.2) is 38.1 Å². The van der Waals surface area contributed by atoms with Crippen LogP contribution in [0.4, 0.5) is 0 Å². The first-order valence-corrected chi connectivity index (χ1v) is 22.0. The van der Waals surface area contributed by atoms with E-state index in [-0.39, 0.29) is 12.4 Å². The molecule has 0 radical (unpaired) electrons. The SMILES string of the molecule is CC[Si](CC)(CC)O/C(=C\C[P+](C1CCCCC1)(C1CCCCC1)C1CCCCC1)OC/C=C/c1ccccc1.[Cl-]. The van der Waals surface area contributed by atoms with Crippen LogP contribution < -0.4 is 12.4 Å². The second-order valence-corrected chi connectivity index (χ2v) is 22.3. The maximum absolute atomic E-state index is 7.06. The van der Waals surface area contributed by atoms with Gasteiger partial charge in [-0.2, -0.15) is 0 Å². The zero-order valence-corrected chi connectivity index (χ0v) is 29.3. The van der Waals surface area contributed by atoms with E-state index in [0.717, 1.165) is 41.1 Å². The zero-order chi connectivity index (χ0) is 28.1. The molecule has 1 aromatic rings. The fraction of sp³-hybridized carbons (Fsp3) is 0.722. The van der Waals surface area contributed by atoms with Gasteiger partial charge in [0.1, 0.15) is 6.61 Å². The first-order valence-electron chi connectivity index (χ1n) is 17.3. The van der Waals surface area contributed by atoms with Gasteiger partial charge in [-0.05, 0) is 107 Å². The largest absolute Gasteiger partial charge is 1.00 e. The van der Waals surface area contributed by atoms with Crippen molar-refractivity contribution in [3.8, 4) is 0 Å². The highest BCUT2D eigenvalue weighted by atomic mass is 35.5. The summed E-state index contributed by atoms with van der Waals surface area (Å²) in [4.78, 5) is 0. The lowest BCUT2D eigenvalue weighted by Crippen LogP contribution is -3.00. The molecular weight excluding hydrogens is 559 g/mol. The van der Waals surface area contributed by atoms with Crippen LogP contribution >= 0.6 is 7.26 Å². The van der Waals surface area contributed by atoms with E-state index in [1.807, 2.05) is 0 Å². The minimum Gasteiger partial charge on any atom is -1.00 e. The third kappa shape index (κ3) is 9.36. The first kappa shape index (κ1) is 34.7. The van der Waals surface area contributed by atoms with Crippen LogP contribution in [0.15, 0.2) is 48.4 Å². The summed E-state index contributed by atoms with van der Waals surface area (Å²) in [6, 6.07) is 14.1. The van der Waals surface area contributed by atoms with Crippen LogP contribution in [0.3, 0.4) is 0 Å². The topological polar surface area (TPSA) is 18.5 Å². The van der Waals surface area contributed by atoms with Crippen molar-refractivity contribution >= 4 is 21.7 Å². The highest BCUT2D eigenvalue weighted by Gasteiger charge is 2.56. The van der Waals surface area contributed by atoms with Crippen LogP contribution in [0.1, 0.15) is 123 Å².